The number of nitrogens with zero attached hydrogens (tertiary/aromatic N) is 2. The molecule has 1 N–H and O–H groups in total. The van der Waals surface area contributed by atoms with Crippen LogP contribution in [0.25, 0.3) is 0 Å². The van der Waals surface area contributed by atoms with Gasteiger partial charge < -0.3 is 19.4 Å². The summed E-state index contributed by atoms with van der Waals surface area (Å²) >= 11 is 0. The van der Waals surface area contributed by atoms with E-state index in [1.54, 1.807) is 18.4 Å². The van der Waals surface area contributed by atoms with Gasteiger partial charge in [-0.3, -0.25) is 4.79 Å². The number of furan rings is 1. The number of hydrogen-bond donors (Lipinski definition) is 1. The summed E-state index contributed by atoms with van der Waals surface area (Å²) in [7, 11) is 0. The fourth-order valence-electron chi connectivity index (χ4n) is 3.89. The topological polar surface area (TPSA) is 78.5 Å². The van der Waals surface area contributed by atoms with E-state index in [2.05, 4.69) is 41.4 Å². The molecule has 3 aromatic rings. The summed E-state index contributed by atoms with van der Waals surface area (Å²) in [6.45, 7) is 3.19. The molecule has 1 aliphatic heterocycles. The second kappa shape index (κ2) is 9.40. The normalized spacial score (nSPS) is 14.7. The smallest absolute Gasteiger partial charge is 0.259 e. The van der Waals surface area contributed by atoms with Crippen molar-refractivity contribution in [2.24, 2.45) is 0 Å². The molecular formula is C25H25N3O3. The van der Waals surface area contributed by atoms with Crippen molar-refractivity contribution in [3.63, 3.8) is 0 Å². The van der Waals surface area contributed by atoms with Crippen LogP contribution in [0.2, 0.25) is 0 Å². The van der Waals surface area contributed by atoms with Gasteiger partial charge in [-0.05, 0) is 49.6 Å². The minimum absolute atomic E-state index is 0.217. The van der Waals surface area contributed by atoms with Gasteiger partial charge in [-0.15, -0.1) is 0 Å². The van der Waals surface area contributed by atoms with Gasteiger partial charge in [-0.2, -0.15) is 5.26 Å². The number of ether oxygens (including phenoxy) is 1. The van der Waals surface area contributed by atoms with Gasteiger partial charge in [0.05, 0.1) is 31.0 Å². The third kappa shape index (κ3) is 4.72. The minimum atomic E-state index is -0.217. The van der Waals surface area contributed by atoms with Gasteiger partial charge in [0.25, 0.3) is 5.91 Å². The molecule has 2 heterocycles. The summed E-state index contributed by atoms with van der Waals surface area (Å²) in [6, 6.07) is 19.8. The first-order valence-corrected chi connectivity index (χ1v) is 10.5. The first-order chi connectivity index (χ1) is 15.2. The lowest BCUT2D eigenvalue weighted by Crippen LogP contribution is -2.29. The highest BCUT2D eigenvalue weighted by atomic mass is 16.5. The molecule has 6 heteroatoms. The molecule has 0 spiro atoms. The van der Waals surface area contributed by atoms with Crippen LogP contribution < -0.4 is 15.0 Å². The van der Waals surface area contributed by atoms with Crippen molar-refractivity contribution in [2.75, 3.05) is 16.8 Å². The Morgan fingerprint density at radius 3 is 3.00 bits per heavy atom. The van der Waals surface area contributed by atoms with E-state index < -0.39 is 0 Å². The van der Waals surface area contributed by atoms with Gasteiger partial charge in [-0.1, -0.05) is 24.3 Å². The summed E-state index contributed by atoms with van der Waals surface area (Å²) < 4.78 is 11.3. The monoisotopic (exact) mass is 415 g/mol. The molecule has 0 bridgehead atoms. The molecule has 1 amide bonds. The predicted molar refractivity (Wildman–Crippen MR) is 119 cm³/mol. The molecule has 158 valence electrons. The summed E-state index contributed by atoms with van der Waals surface area (Å²) in [5.74, 6) is 1.08. The van der Waals surface area contributed by atoms with Gasteiger partial charge in [0.1, 0.15) is 11.5 Å². The highest BCUT2D eigenvalue weighted by molar-refractivity contribution is 6.05. The van der Waals surface area contributed by atoms with Crippen molar-refractivity contribution in [2.45, 2.75) is 38.8 Å². The molecule has 0 fully saturated rings. The number of benzene rings is 2. The van der Waals surface area contributed by atoms with Crippen molar-refractivity contribution >= 4 is 17.3 Å². The molecule has 1 atom stereocenters. The zero-order chi connectivity index (χ0) is 21.6. The fourth-order valence-corrected chi connectivity index (χ4v) is 3.89. The molecule has 31 heavy (non-hydrogen) atoms. The molecular weight excluding hydrogens is 390 g/mol. The van der Waals surface area contributed by atoms with Crippen molar-refractivity contribution in [1.29, 1.82) is 5.26 Å². The van der Waals surface area contributed by atoms with Crippen LogP contribution in [0, 0.1) is 11.3 Å². The van der Waals surface area contributed by atoms with Gasteiger partial charge >= 0.3 is 0 Å². The number of amides is 1. The first-order valence-electron chi connectivity index (χ1n) is 10.5. The van der Waals surface area contributed by atoms with E-state index in [0.717, 1.165) is 6.42 Å². The zero-order valence-corrected chi connectivity index (χ0v) is 17.5. The lowest BCUT2D eigenvalue weighted by Gasteiger charge is -2.24. The van der Waals surface area contributed by atoms with E-state index in [9.17, 15) is 4.79 Å². The lowest BCUT2D eigenvalue weighted by molar-refractivity contribution is 0.102. The van der Waals surface area contributed by atoms with Crippen LogP contribution in [0.4, 0.5) is 11.4 Å². The quantitative estimate of drug-likeness (QED) is 0.514. The second-order valence-electron chi connectivity index (χ2n) is 7.66. The highest BCUT2D eigenvalue weighted by Gasteiger charge is 2.28. The average Bonchev–Trinajstić information content (AvgIpc) is 3.36. The fraction of sp³-hybridized carbons (Fsp3) is 0.280. The van der Waals surface area contributed by atoms with E-state index in [-0.39, 0.29) is 5.91 Å². The SMILES string of the molecule is CC1Cc2ccccc2N1Cc1occc1C(=O)Nc1cccc(OCCCC#N)c1. The Bertz CT molecular complexity index is 1100. The number of fused-ring (bicyclic) bond motifs is 1. The number of unbranched alkanes of at least 4 members (excludes halogenated alkanes) is 1. The maximum absolute atomic E-state index is 12.9. The standard InChI is InChI=1S/C25H25N3O3/c1-18-15-19-7-2-3-10-23(19)28(18)17-24-22(11-14-31-24)25(29)27-20-8-6-9-21(16-20)30-13-5-4-12-26/h2-3,6-11,14,16,18H,4-5,13,15,17H2,1H3,(H,27,29). The van der Waals surface area contributed by atoms with Crippen molar-refractivity contribution < 1.29 is 13.9 Å². The largest absolute Gasteiger partial charge is 0.493 e. The Hall–Kier alpha value is -3.72. The van der Waals surface area contributed by atoms with E-state index >= 15 is 0 Å². The number of rotatable bonds is 8. The number of para-hydroxylation sites is 1. The Balaban J connectivity index is 1.43. The number of nitriles is 1. The number of carbonyl (C=O) groups is 1. The molecule has 4 rings (SSSR count). The first kappa shape index (κ1) is 20.5. The summed E-state index contributed by atoms with van der Waals surface area (Å²) in [5, 5.41) is 11.5. The predicted octanol–water partition coefficient (Wildman–Crippen LogP) is 5.17. The number of hydrogen-bond acceptors (Lipinski definition) is 5. The van der Waals surface area contributed by atoms with E-state index in [0.29, 0.717) is 54.8 Å². The third-order valence-corrected chi connectivity index (χ3v) is 5.45. The molecule has 1 unspecified atom stereocenters. The second-order valence-corrected chi connectivity index (χ2v) is 7.66. The van der Waals surface area contributed by atoms with Crippen LogP contribution in [-0.4, -0.2) is 18.6 Å². The Kier molecular flexibility index (Phi) is 6.23. The molecule has 6 nitrogen and oxygen atoms in total. The molecule has 0 saturated heterocycles. The number of anilines is 2. The highest BCUT2D eigenvalue weighted by Crippen LogP contribution is 2.33. The van der Waals surface area contributed by atoms with Crippen molar-refractivity contribution in [1.82, 2.24) is 0 Å². The van der Waals surface area contributed by atoms with Crippen LogP contribution >= 0.6 is 0 Å². The minimum Gasteiger partial charge on any atom is -0.493 e. The Morgan fingerprint density at radius 1 is 1.26 bits per heavy atom. The van der Waals surface area contributed by atoms with Gasteiger partial charge in [0, 0.05) is 29.9 Å². The molecule has 0 saturated carbocycles. The summed E-state index contributed by atoms with van der Waals surface area (Å²) in [5.41, 5.74) is 3.69. The number of carbonyl (C=O) groups excluding carboxylic acids is 1. The van der Waals surface area contributed by atoms with Crippen LogP contribution in [0.3, 0.4) is 0 Å². The molecule has 0 radical (unpaired) electrons. The van der Waals surface area contributed by atoms with Crippen molar-refractivity contribution in [3.8, 4) is 11.8 Å². The van der Waals surface area contributed by atoms with Crippen molar-refractivity contribution in [3.05, 3.63) is 77.7 Å². The molecule has 1 aliphatic rings. The Morgan fingerprint density at radius 2 is 2.13 bits per heavy atom. The van der Waals surface area contributed by atoms with Crippen LogP contribution in [0.1, 0.15) is 41.4 Å². The average molecular weight is 415 g/mol. The summed E-state index contributed by atoms with van der Waals surface area (Å²) in [6.07, 6.45) is 3.68. The lowest BCUT2D eigenvalue weighted by atomic mass is 10.1. The maximum atomic E-state index is 12.9. The van der Waals surface area contributed by atoms with E-state index in [4.69, 9.17) is 14.4 Å². The van der Waals surface area contributed by atoms with Gasteiger partial charge in [-0.25, -0.2) is 0 Å². The molecule has 1 aromatic heterocycles. The third-order valence-electron chi connectivity index (χ3n) is 5.45. The zero-order valence-electron chi connectivity index (χ0n) is 17.5. The van der Waals surface area contributed by atoms with Gasteiger partial charge in [0.2, 0.25) is 0 Å². The van der Waals surface area contributed by atoms with Gasteiger partial charge in [0.15, 0.2) is 0 Å². The number of nitrogens with one attached hydrogen (secondary N) is 1. The van der Waals surface area contributed by atoms with Crippen LogP contribution in [0.15, 0.2) is 65.3 Å². The van der Waals surface area contributed by atoms with Crippen LogP contribution in [0.5, 0.6) is 5.75 Å². The molecule has 2 aromatic carbocycles. The molecule has 0 aliphatic carbocycles. The Labute approximate surface area is 182 Å². The van der Waals surface area contributed by atoms with E-state index in [1.165, 1.54) is 11.3 Å². The summed E-state index contributed by atoms with van der Waals surface area (Å²) in [4.78, 5) is 15.2. The van der Waals surface area contributed by atoms with Crippen LogP contribution in [-0.2, 0) is 13.0 Å². The van der Waals surface area contributed by atoms with E-state index in [1.807, 2.05) is 24.3 Å². The maximum Gasteiger partial charge on any atom is 0.259 e.